The lowest BCUT2D eigenvalue weighted by atomic mass is 10.2. The van der Waals surface area contributed by atoms with Gasteiger partial charge >= 0.3 is 0 Å². The molecule has 0 heterocycles. The van der Waals surface area contributed by atoms with Gasteiger partial charge in [0.15, 0.2) is 0 Å². The van der Waals surface area contributed by atoms with E-state index in [1.165, 1.54) is 13.2 Å². The maximum atomic E-state index is 13.3. The molecule has 0 spiro atoms. The summed E-state index contributed by atoms with van der Waals surface area (Å²) in [5, 5.41) is -0.0314. The lowest BCUT2D eigenvalue weighted by Gasteiger charge is -2.06. The van der Waals surface area contributed by atoms with Crippen molar-refractivity contribution < 1.29 is 17.5 Å². The Hall–Kier alpha value is -0.520. The molecule has 0 amide bonds. The molecule has 0 fully saturated rings. The number of rotatable bonds is 3. The summed E-state index contributed by atoms with van der Waals surface area (Å²) in [7, 11) is 2.52. The molecule has 1 rings (SSSR count). The molecule has 84 valence electrons. The van der Waals surface area contributed by atoms with Crippen LogP contribution in [-0.2, 0) is 14.8 Å². The van der Waals surface area contributed by atoms with Crippen molar-refractivity contribution in [3.05, 3.63) is 28.5 Å². The van der Waals surface area contributed by atoms with Crippen molar-refractivity contribution in [2.45, 2.75) is 5.75 Å². The largest absolute Gasteiger partial charge is 0.497 e. The molecule has 3 nitrogen and oxygen atoms in total. The van der Waals surface area contributed by atoms with E-state index in [0.717, 1.165) is 6.07 Å². The first-order valence-electron chi connectivity index (χ1n) is 3.77. The molecule has 0 saturated heterocycles. The Bertz CT molecular complexity index is 450. The van der Waals surface area contributed by atoms with E-state index in [9.17, 15) is 12.8 Å². The number of halogens is 3. The maximum Gasteiger partial charge on any atom is 0.236 e. The van der Waals surface area contributed by atoms with Gasteiger partial charge in [0.1, 0.15) is 11.6 Å². The summed E-state index contributed by atoms with van der Waals surface area (Å²) in [5.41, 5.74) is -0.160. The Morgan fingerprint density at radius 3 is 2.47 bits per heavy atom. The summed E-state index contributed by atoms with van der Waals surface area (Å²) in [6, 6.07) is 2.37. The third-order valence-corrected chi connectivity index (χ3v) is 2.97. The minimum Gasteiger partial charge on any atom is -0.497 e. The monoisotopic (exact) mass is 272 g/mol. The highest BCUT2D eigenvalue weighted by molar-refractivity contribution is 8.13. The van der Waals surface area contributed by atoms with E-state index in [1.807, 2.05) is 0 Å². The van der Waals surface area contributed by atoms with Gasteiger partial charge in [-0.3, -0.25) is 0 Å². The molecule has 0 N–H and O–H groups in total. The predicted molar refractivity (Wildman–Crippen MR) is 56.4 cm³/mol. The third-order valence-electron chi connectivity index (χ3n) is 1.67. The van der Waals surface area contributed by atoms with E-state index in [0.29, 0.717) is 0 Å². The number of hydrogen-bond donors (Lipinski definition) is 0. The first-order chi connectivity index (χ1) is 6.83. The zero-order valence-corrected chi connectivity index (χ0v) is 9.96. The van der Waals surface area contributed by atoms with Gasteiger partial charge in [-0.2, -0.15) is 0 Å². The lowest BCUT2D eigenvalue weighted by molar-refractivity contribution is 0.411. The quantitative estimate of drug-likeness (QED) is 0.795. The second-order valence-electron chi connectivity index (χ2n) is 2.75. The molecule has 7 heteroatoms. The van der Waals surface area contributed by atoms with Crippen molar-refractivity contribution in [1.82, 2.24) is 0 Å². The number of ether oxygens (including phenoxy) is 1. The van der Waals surface area contributed by atoms with Crippen LogP contribution in [0.5, 0.6) is 5.75 Å². The van der Waals surface area contributed by atoms with E-state index < -0.39 is 20.6 Å². The maximum absolute atomic E-state index is 13.3. The number of benzene rings is 1. The average Bonchev–Trinajstić information content (AvgIpc) is 2.09. The molecule has 0 bridgehead atoms. The van der Waals surface area contributed by atoms with Gasteiger partial charge in [-0.15, -0.1) is 0 Å². The van der Waals surface area contributed by atoms with Gasteiger partial charge in [0, 0.05) is 22.3 Å². The van der Waals surface area contributed by atoms with Crippen molar-refractivity contribution >= 4 is 31.3 Å². The minimum atomic E-state index is -3.83. The van der Waals surface area contributed by atoms with Crippen molar-refractivity contribution in [3.63, 3.8) is 0 Å². The summed E-state index contributed by atoms with van der Waals surface area (Å²) >= 11 is 5.68. The third kappa shape index (κ3) is 3.52. The second-order valence-corrected chi connectivity index (χ2v) is 5.94. The SMILES string of the molecule is COc1cc(F)c(CS(=O)(=O)Cl)c(Cl)c1. The van der Waals surface area contributed by atoms with Crippen LogP contribution < -0.4 is 4.74 Å². The Morgan fingerprint density at radius 1 is 1.47 bits per heavy atom. The average molecular weight is 273 g/mol. The summed E-state index contributed by atoms with van der Waals surface area (Å²) in [6.45, 7) is 0. The van der Waals surface area contributed by atoms with Gasteiger partial charge in [0.25, 0.3) is 0 Å². The highest BCUT2D eigenvalue weighted by Crippen LogP contribution is 2.27. The van der Waals surface area contributed by atoms with Crippen LogP contribution in [0.25, 0.3) is 0 Å². The number of hydrogen-bond acceptors (Lipinski definition) is 3. The molecule has 0 aliphatic carbocycles. The molecule has 0 atom stereocenters. The van der Waals surface area contributed by atoms with Gasteiger partial charge in [0.2, 0.25) is 9.05 Å². The lowest BCUT2D eigenvalue weighted by Crippen LogP contribution is -2.00. The molecule has 1 aromatic rings. The van der Waals surface area contributed by atoms with Crippen molar-refractivity contribution in [3.8, 4) is 5.75 Å². The van der Waals surface area contributed by atoms with Crippen LogP contribution in [0.2, 0.25) is 5.02 Å². The predicted octanol–water partition coefficient (Wildman–Crippen LogP) is 2.56. The van der Waals surface area contributed by atoms with Gasteiger partial charge in [-0.1, -0.05) is 11.6 Å². The topological polar surface area (TPSA) is 43.4 Å². The summed E-state index contributed by atoms with van der Waals surface area (Å²) < 4.78 is 39.6. The molecule has 0 radical (unpaired) electrons. The molecule has 15 heavy (non-hydrogen) atoms. The van der Waals surface area contributed by atoms with Crippen LogP contribution in [0.3, 0.4) is 0 Å². The molecule has 0 saturated carbocycles. The van der Waals surface area contributed by atoms with Crippen molar-refractivity contribution in [1.29, 1.82) is 0 Å². The number of methoxy groups -OCH3 is 1. The molecule has 0 aliphatic rings. The van der Waals surface area contributed by atoms with Crippen LogP contribution >= 0.6 is 22.3 Å². The fourth-order valence-electron chi connectivity index (χ4n) is 1.01. The zero-order valence-electron chi connectivity index (χ0n) is 7.63. The van der Waals surface area contributed by atoms with Gasteiger partial charge in [-0.05, 0) is 6.07 Å². The first-order valence-corrected chi connectivity index (χ1v) is 6.63. The summed E-state index contributed by atoms with van der Waals surface area (Å²) in [5.74, 6) is -1.19. The van der Waals surface area contributed by atoms with Gasteiger partial charge < -0.3 is 4.74 Å². The molecule has 0 aromatic heterocycles. The Kier molecular flexibility index (Phi) is 3.81. The van der Waals surface area contributed by atoms with E-state index in [2.05, 4.69) is 0 Å². The molecular formula is C8H7Cl2FO3S. The summed E-state index contributed by atoms with van der Waals surface area (Å²) in [4.78, 5) is 0. The standard InChI is InChI=1S/C8H7Cl2FO3S/c1-14-5-2-7(9)6(8(11)3-5)4-15(10,12)13/h2-3H,4H2,1H3. The summed E-state index contributed by atoms with van der Waals surface area (Å²) in [6.07, 6.45) is 0. The fourth-order valence-corrected chi connectivity index (χ4v) is 2.32. The van der Waals surface area contributed by atoms with E-state index in [-0.39, 0.29) is 16.3 Å². The van der Waals surface area contributed by atoms with Crippen LogP contribution in [0.4, 0.5) is 4.39 Å². The highest BCUT2D eigenvalue weighted by Gasteiger charge is 2.16. The second kappa shape index (κ2) is 4.55. The minimum absolute atomic E-state index is 0.0314. The van der Waals surface area contributed by atoms with Crippen LogP contribution in [0, 0.1) is 5.82 Å². The molecule has 1 aromatic carbocycles. The Balaban J connectivity index is 3.20. The van der Waals surface area contributed by atoms with Crippen LogP contribution in [0.1, 0.15) is 5.56 Å². The van der Waals surface area contributed by atoms with E-state index in [1.54, 1.807) is 0 Å². The van der Waals surface area contributed by atoms with Gasteiger partial charge in [0.05, 0.1) is 17.9 Å². The molecule has 0 aliphatic heterocycles. The molecule has 0 unspecified atom stereocenters. The van der Waals surface area contributed by atoms with Crippen molar-refractivity contribution in [2.24, 2.45) is 0 Å². The fraction of sp³-hybridized carbons (Fsp3) is 0.250. The van der Waals surface area contributed by atoms with Crippen LogP contribution in [-0.4, -0.2) is 15.5 Å². The zero-order chi connectivity index (χ0) is 11.6. The van der Waals surface area contributed by atoms with Crippen LogP contribution in [0.15, 0.2) is 12.1 Å². The Morgan fingerprint density at radius 2 is 2.07 bits per heavy atom. The highest BCUT2D eigenvalue weighted by atomic mass is 35.7. The van der Waals surface area contributed by atoms with E-state index >= 15 is 0 Å². The Labute approximate surface area is 96.2 Å². The smallest absolute Gasteiger partial charge is 0.236 e. The molecular weight excluding hydrogens is 266 g/mol. The van der Waals surface area contributed by atoms with Crippen molar-refractivity contribution in [2.75, 3.05) is 7.11 Å². The normalized spacial score (nSPS) is 11.5. The first kappa shape index (κ1) is 12.5. The van der Waals surface area contributed by atoms with E-state index in [4.69, 9.17) is 27.0 Å². The van der Waals surface area contributed by atoms with Gasteiger partial charge in [-0.25, -0.2) is 12.8 Å².